The molecule has 2 aromatic heterocycles. The van der Waals surface area contributed by atoms with E-state index in [2.05, 4.69) is 32.2 Å². The van der Waals surface area contributed by atoms with E-state index in [9.17, 15) is 9.18 Å². The number of aromatic nitrogens is 4. The van der Waals surface area contributed by atoms with Crippen molar-refractivity contribution in [3.63, 3.8) is 0 Å². The third kappa shape index (κ3) is 3.63. The lowest BCUT2D eigenvalue weighted by Gasteiger charge is -2.03. The van der Waals surface area contributed by atoms with Crippen LogP contribution in [-0.2, 0) is 0 Å². The largest absolute Gasteiger partial charge is 0.476 e. The van der Waals surface area contributed by atoms with Crippen LogP contribution in [0.5, 0.6) is 11.8 Å². The number of nitrogens with zero attached hydrogens (tertiary/aromatic N) is 4. The first-order valence-electron chi connectivity index (χ1n) is 7.06. The highest BCUT2D eigenvalue weighted by atomic mass is 19.1. The molecule has 0 radical (unpaired) electrons. The molecule has 0 fully saturated rings. The number of hydrogen-bond acceptors (Lipinski definition) is 6. The molecule has 0 amide bonds. The fraction of sp³-hybridized carbons (Fsp3) is 0. The predicted molar refractivity (Wildman–Crippen MR) is 84.7 cm³/mol. The van der Waals surface area contributed by atoms with Gasteiger partial charge in [-0.1, -0.05) is 17.1 Å². The molecule has 0 saturated carbocycles. The van der Waals surface area contributed by atoms with E-state index >= 15 is 0 Å². The second-order valence-electron chi connectivity index (χ2n) is 4.85. The Balaban J connectivity index is 1.79. The van der Waals surface area contributed by atoms with Gasteiger partial charge in [-0.3, -0.25) is 0 Å². The lowest BCUT2D eigenvalue weighted by molar-refractivity contribution is 0.0687. The first kappa shape index (κ1) is 16.6. The molecule has 0 aliphatic rings. The summed E-state index contributed by atoms with van der Waals surface area (Å²) in [4.78, 5) is 14.7. The summed E-state index contributed by atoms with van der Waals surface area (Å²) in [5, 5.41) is 26.5. The van der Waals surface area contributed by atoms with Crippen molar-refractivity contribution < 1.29 is 19.0 Å². The standard InChI is InChI=1S/C17H8FN5O3/c18-13-7-12(6-3-10-1-4-11(8-19)5-2-10)9-20-15(13)26-16-14(17(24)25)21-23-22-16/h1-2,4-5,7,9H,(H,24,25)(H,21,22,23). The van der Waals surface area contributed by atoms with Gasteiger partial charge in [-0.05, 0) is 30.3 Å². The maximum atomic E-state index is 14.1. The summed E-state index contributed by atoms with van der Waals surface area (Å²) in [5.41, 5.74) is 0.967. The number of hydrogen-bond donors (Lipinski definition) is 2. The third-order valence-electron chi connectivity index (χ3n) is 3.09. The lowest BCUT2D eigenvalue weighted by Crippen LogP contribution is -2.01. The van der Waals surface area contributed by atoms with Crippen molar-refractivity contribution in [2.75, 3.05) is 0 Å². The number of carboxylic acids is 1. The van der Waals surface area contributed by atoms with Gasteiger partial charge in [0.25, 0.3) is 11.8 Å². The number of nitriles is 1. The van der Waals surface area contributed by atoms with Crippen LogP contribution in [0.2, 0.25) is 0 Å². The minimum atomic E-state index is -1.38. The number of halogens is 1. The fourth-order valence-corrected chi connectivity index (χ4v) is 1.87. The van der Waals surface area contributed by atoms with Crippen LogP contribution in [0.1, 0.15) is 27.2 Å². The molecule has 0 saturated heterocycles. The van der Waals surface area contributed by atoms with E-state index in [0.717, 1.165) is 6.07 Å². The molecule has 0 spiro atoms. The van der Waals surface area contributed by atoms with Crippen LogP contribution in [0, 0.1) is 29.0 Å². The smallest absolute Gasteiger partial charge is 0.362 e. The molecule has 8 nitrogen and oxygen atoms in total. The third-order valence-corrected chi connectivity index (χ3v) is 3.09. The summed E-state index contributed by atoms with van der Waals surface area (Å²) in [6.45, 7) is 0. The van der Waals surface area contributed by atoms with Crippen LogP contribution >= 0.6 is 0 Å². The Hall–Kier alpha value is -4.24. The predicted octanol–water partition coefficient (Wildman–Crippen LogP) is 2.10. The van der Waals surface area contributed by atoms with Gasteiger partial charge >= 0.3 is 5.97 Å². The van der Waals surface area contributed by atoms with Gasteiger partial charge < -0.3 is 9.84 Å². The van der Waals surface area contributed by atoms with E-state index in [0.29, 0.717) is 16.7 Å². The molecule has 0 aliphatic heterocycles. The molecule has 0 bridgehead atoms. The monoisotopic (exact) mass is 349 g/mol. The van der Waals surface area contributed by atoms with Gasteiger partial charge in [0, 0.05) is 17.3 Å². The Kier molecular flexibility index (Phi) is 4.54. The van der Waals surface area contributed by atoms with Crippen molar-refractivity contribution >= 4 is 5.97 Å². The van der Waals surface area contributed by atoms with E-state index < -0.39 is 23.4 Å². The zero-order chi connectivity index (χ0) is 18.5. The molecule has 9 heteroatoms. The van der Waals surface area contributed by atoms with Crippen molar-refractivity contribution in [1.82, 2.24) is 20.4 Å². The van der Waals surface area contributed by atoms with Gasteiger partial charge in [0.1, 0.15) is 0 Å². The maximum absolute atomic E-state index is 14.1. The molecule has 0 unspecified atom stereocenters. The molecular weight excluding hydrogens is 341 g/mol. The van der Waals surface area contributed by atoms with Crippen LogP contribution in [0.3, 0.4) is 0 Å². The summed E-state index contributed by atoms with van der Waals surface area (Å²) < 4.78 is 19.2. The second kappa shape index (κ2) is 7.11. The first-order valence-corrected chi connectivity index (χ1v) is 7.06. The van der Waals surface area contributed by atoms with Gasteiger partial charge in [0.15, 0.2) is 5.82 Å². The van der Waals surface area contributed by atoms with Crippen LogP contribution in [0.25, 0.3) is 0 Å². The summed E-state index contributed by atoms with van der Waals surface area (Å²) >= 11 is 0. The minimum absolute atomic E-state index is 0.292. The van der Waals surface area contributed by atoms with Crippen molar-refractivity contribution in [3.8, 4) is 29.7 Å². The first-order chi connectivity index (χ1) is 12.6. The molecule has 0 aliphatic carbocycles. The van der Waals surface area contributed by atoms with Crippen LogP contribution < -0.4 is 4.74 Å². The Labute approximate surface area is 145 Å². The average molecular weight is 349 g/mol. The number of pyridine rings is 1. The van der Waals surface area contributed by atoms with E-state index in [4.69, 9.17) is 15.1 Å². The Morgan fingerprint density at radius 1 is 1.19 bits per heavy atom. The summed E-state index contributed by atoms with van der Waals surface area (Å²) in [7, 11) is 0. The van der Waals surface area contributed by atoms with Crippen LogP contribution in [-0.4, -0.2) is 31.5 Å². The zero-order valence-corrected chi connectivity index (χ0v) is 12.9. The minimum Gasteiger partial charge on any atom is -0.476 e. The van der Waals surface area contributed by atoms with Crippen molar-refractivity contribution in [1.29, 1.82) is 5.26 Å². The van der Waals surface area contributed by atoms with Gasteiger partial charge in [0.05, 0.1) is 11.6 Å². The molecule has 2 N–H and O–H groups in total. The lowest BCUT2D eigenvalue weighted by atomic mass is 10.1. The van der Waals surface area contributed by atoms with E-state index in [-0.39, 0.29) is 5.88 Å². The number of ether oxygens (including phenoxy) is 1. The molecule has 1 aromatic carbocycles. The van der Waals surface area contributed by atoms with E-state index in [1.165, 1.54) is 6.20 Å². The van der Waals surface area contributed by atoms with E-state index in [1.54, 1.807) is 24.3 Å². The molecule has 126 valence electrons. The quantitative estimate of drug-likeness (QED) is 0.694. The number of carboxylic acid groups (broad SMARTS) is 1. The van der Waals surface area contributed by atoms with E-state index in [1.807, 2.05) is 6.07 Å². The molecule has 2 heterocycles. The number of rotatable bonds is 3. The van der Waals surface area contributed by atoms with Gasteiger partial charge in [-0.2, -0.15) is 5.26 Å². The van der Waals surface area contributed by atoms with Crippen LogP contribution in [0.15, 0.2) is 36.5 Å². The summed E-state index contributed by atoms with van der Waals surface area (Å²) in [5.74, 6) is 2.57. The zero-order valence-electron chi connectivity index (χ0n) is 12.9. The number of benzene rings is 1. The Bertz CT molecular complexity index is 1070. The van der Waals surface area contributed by atoms with Gasteiger partial charge in [0.2, 0.25) is 5.69 Å². The molecule has 3 aromatic rings. The number of aromatic amines is 1. The highest BCUT2D eigenvalue weighted by Crippen LogP contribution is 2.22. The summed E-state index contributed by atoms with van der Waals surface area (Å²) in [6.07, 6.45) is 1.28. The summed E-state index contributed by atoms with van der Waals surface area (Å²) in [6, 6.07) is 9.69. The number of aromatic carboxylic acids is 1. The topological polar surface area (TPSA) is 125 Å². The molecular formula is C17H8FN5O3. The second-order valence-corrected chi connectivity index (χ2v) is 4.85. The highest BCUT2D eigenvalue weighted by molar-refractivity contribution is 5.87. The Morgan fingerprint density at radius 2 is 1.88 bits per heavy atom. The van der Waals surface area contributed by atoms with Gasteiger partial charge in [-0.25, -0.2) is 19.3 Å². The van der Waals surface area contributed by atoms with Gasteiger partial charge in [-0.15, -0.1) is 5.10 Å². The van der Waals surface area contributed by atoms with Crippen molar-refractivity contribution in [2.24, 2.45) is 0 Å². The normalized spacial score (nSPS) is 9.69. The Morgan fingerprint density at radius 3 is 2.54 bits per heavy atom. The van der Waals surface area contributed by atoms with Crippen LogP contribution in [0.4, 0.5) is 4.39 Å². The SMILES string of the molecule is N#Cc1ccc(C#Cc2cnc(Oc3[nH]nnc3C(=O)O)c(F)c2)cc1. The highest BCUT2D eigenvalue weighted by Gasteiger charge is 2.19. The molecule has 3 rings (SSSR count). The molecule has 0 atom stereocenters. The fourth-order valence-electron chi connectivity index (χ4n) is 1.87. The number of nitrogens with one attached hydrogen (secondary N) is 1. The number of carbonyl (C=O) groups is 1. The average Bonchev–Trinajstić information content (AvgIpc) is 3.11. The van der Waals surface area contributed by atoms with Crippen molar-refractivity contribution in [2.45, 2.75) is 0 Å². The molecule has 26 heavy (non-hydrogen) atoms. The van der Waals surface area contributed by atoms with Crippen molar-refractivity contribution in [3.05, 3.63) is 64.7 Å². The number of H-pyrrole nitrogens is 1. The maximum Gasteiger partial charge on any atom is 0.362 e.